The molecule has 0 heterocycles. The van der Waals surface area contributed by atoms with E-state index in [1.165, 1.54) is 0 Å². The van der Waals surface area contributed by atoms with Crippen molar-refractivity contribution < 1.29 is 9.53 Å². The highest BCUT2D eigenvalue weighted by molar-refractivity contribution is 7.99. The van der Waals surface area contributed by atoms with Gasteiger partial charge in [-0.2, -0.15) is 10.5 Å². The van der Waals surface area contributed by atoms with Crippen LogP contribution in [-0.4, -0.2) is 36.8 Å². The molecule has 1 rings (SSSR count). The Balaban J connectivity index is 2.41. The van der Waals surface area contributed by atoms with Crippen molar-refractivity contribution in [3.8, 4) is 17.9 Å². The molecule has 0 aliphatic carbocycles. The van der Waals surface area contributed by atoms with E-state index in [0.29, 0.717) is 38.1 Å². The summed E-state index contributed by atoms with van der Waals surface area (Å²) in [6.07, 6.45) is 0.985. The maximum Gasteiger partial charge on any atom is 0.223 e. The van der Waals surface area contributed by atoms with Crippen LogP contribution in [0.25, 0.3) is 0 Å². The summed E-state index contributed by atoms with van der Waals surface area (Å²) in [5.41, 5.74) is 0. The van der Waals surface area contributed by atoms with E-state index in [2.05, 4.69) is 0 Å². The highest BCUT2D eigenvalue weighted by Crippen LogP contribution is 2.22. The Kier molecular flexibility index (Phi) is 8.56. The Morgan fingerprint density at radius 2 is 1.77 bits per heavy atom. The Morgan fingerprint density at radius 3 is 2.27 bits per heavy atom. The van der Waals surface area contributed by atoms with E-state index >= 15 is 0 Å². The zero-order valence-electron chi connectivity index (χ0n) is 12.6. The van der Waals surface area contributed by atoms with Gasteiger partial charge < -0.3 is 9.64 Å². The van der Waals surface area contributed by atoms with Crippen molar-refractivity contribution in [1.82, 2.24) is 4.90 Å². The maximum atomic E-state index is 12.1. The molecule has 0 atom stereocenters. The molecule has 116 valence electrons. The summed E-state index contributed by atoms with van der Waals surface area (Å²) < 4.78 is 5.10. The third-order valence-corrected chi connectivity index (χ3v) is 4.00. The molecule has 5 nitrogen and oxygen atoms in total. The molecule has 1 aromatic rings. The van der Waals surface area contributed by atoms with Crippen LogP contribution in [0.15, 0.2) is 29.2 Å². The molecule has 0 spiro atoms. The number of thioether (sulfide) groups is 1. The average Bonchev–Trinajstić information content (AvgIpc) is 2.55. The third kappa shape index (κ3) is 6.51. The van der Waals surface area contributed by atoms with E-state index in [1.807, 2.05) is 36.4 Å². The molecule has 6 heteroatoms. The van der Waals surface area contributed by atoms with E-state index in [4.69, 9.17) is 15.3 Å². The van der Waals surface area contributed by atoms with E-state index in [9.17, 15) is 4.79 Å². The van der Waals surface area contributed by atoms with Crippen molar-refractivity contribution in [3.63, 3.8) is 0 Å². The summed E-state index contributed by atoms with van der Waals surface area (Å²) in [7, 11) is 1.62. The molecule has 0 radical (unpaired) electrons. The second-order valence-corrected chi connectivity index (χ2v) is 5.64. The molecular formula is C16H19N3O2S. The Bertz CT molecular complexity index is 528. The van der Waals surface area contributed by atoms with Gasteiger partial charge in [-0.1, -0.05) is 0 Å². The van der Waals surface area contributed by atoms with E-state index in [0.717, 1.165) is 10.6 Å². The minimum atomic E-state index is -0.00786. The van der Waals surface area contributed by atoms with Gasteiger partial charge in [0.15, 0.2) is 0 Å². The van der Waals surface area contributed by atoms with Crippen LogP contribution in [0, 0.1) is 22.7 Å². The number of rotatable bonds is 9. The molecule has 0 unspecified atom stereocenters. The van der Waals surface area contributed by atoms with Crippen LogP contribution in [0.4, 0.5) is 0 Å². The highest BCUT2D eigenvalue weighted by Gasteiger charge is 2.12. The van der Waals surface area contributed by atoms with Gasteiger partial charge in [0.25, 0.3) is 0 Å². The van der Waals surface area contributed by atoms with Gasteiger partial charge in [-0.15, -0.1) is 11.8 Å². The summed E-state index contributed by atoms with van der Waals surface area (Å²) >= 11 is 1.60. The SMILES string of the molecule is COc1ccc(SCCC(=O)N(CCC#N)CCC#N)cc1. The highest BCUT2D eigenvalue weighted by atomic mass is 32.2. The number of methoxy groups -OCH3 is 1. The van der Waals surface area contributed by atoms with Crippen molar-refractivity contribution in [2.45, 2.75) is 24.2 Å². The molecule has 0 aliphatic rings. The monoisotopic (exact) mass is 317 g/mol. The fraction of sp³-hybridized carbons (Fsp3) is 0.438. The van der Waals surface area contributed by atoms with Gasteiger partial charge in [-0.05, 0) is 24.3 Å². The third-order valence-electron chi connectivity index (χ3n) is 2.98. The first kappa shape index (κ1) is 17.9. The largest absolute Gasteiger partial charge is 0.497 e. The number of ether oxygens (including phenoxy) is 1. The molecule has 0 aromatic heterocycles. The predicted molar refractivity (Wildman–Crippen MR) is 85.4 cm³/mol. The molecular weight excluding hydrogens is 298 g/mol. The molecule has 0 fully saturated rings. The number of nitrogens with zero attached hydrogens (tertiary/aromatic N) is 3. The molecule has 22 heavy (non-hydrogen) atoms. The number of benzene rings is 1. The fourth-order valence-corrected chi connectivity index (χ4v) is 2.66. The summed E-state index contributed by atoms with van der Waals surface area (Å²) in [5.74, 6) is 1.46. The van der Waals surface area contributed by atoms with Gasteiger partial charge in [0, 0.05) is 30.2 Å². The molecule has 1 aromatic carbocycles. The lowest BCUT2D eigenvalue weighted by Gasteiger charge is -2.20. The van der Waals surface area contributed by atoms with E-state index in [-0.39, 0.29) is 5.91 Å². The lowest BCUT2D eigenvalue weighted by atomic mass is 10.3. The maximum absolute atomic E-state index is 12.1. The van der Waals surface area contributed by atoms with Crippen molar-refractivity contribution in [1.29, 1.82) is 10.5 Å². The average molecular weight is 317 g/mol. The zero-order chi connectivity index (χ0) is 16.2. The van der Waals surface area contributed by atoms with E-state index in [1.54, 1.807) is 23.8 Å². The van der Waals surface area contributed by atoms with Crippen LogP contribution in [0.2, 0.25) is 0 Å². The molecule has 0 N–H and O–H groups in total. The molecule has 0 saturated heterocycles. The first-order valence-electron chi connectivity index (χ1n) is 6.99. The van der Waals surface area contributed by atoms with Gasteiger partial charge in [0.1, 0.15) is 5.75 Å². The summed E-state index contributed by atoms with van der Waals surface area (Å²) in [6.45, 7) is 0.786. The van der Waals surface area contributed by atoms with Crippen molar-refractivity contribution in [3.05, 3.63) is 24.3 Å². The van der Waals surface area contributed by atoms with Crippen LogP contribution in [-0.2, 0) is 4.79 Å². The van der Waals surface area contributed by atoms with Crippen LogP contribution < -0.4 is 4.74 Å². The van der Waals surface area contributed by atoms with E-state index < -0.39 is 0 Å². The lowest BCUT2D eigenvalue weighted by molar-refractivity contribution is -0.130. The minimum absolute atomic E-state index is 0.00786. The first-order valence-corrected chi connectivity index (χ1v) is 7.98. The number of carbonyl (C=O) groups is 1. The predicted octanol–water partition coefficient (Wildman–Crippen LogP) is 2.83. The second-order valence-electron chi connectivity index (χ2n) is 4.47. The Labute approximate surface area is 135 Å². The molecule has 0 bridgehead atoms. The molecule has 0 saturated carbocycles. The summed E-state index contributed by atoms with van der Waals surface area (Å²) in [6, 6.07) is 11.7. The smallest absolute Gasteiger partial charge is 0.223 e. The van der Waals surface area contributed by atoms with Crippen molar-refractivity contribution >= 4 is 17.7 Å². The van der Waals surface area contributed by atoms with Gasteiger partial charge >= 0.3 is 0 Å². The number of hydrogen-bond donors (Lipinski definition) is 0. The minimum Gasteiger partial charge on any atom is -0.497 e. The summed E-state index contributed by atoms with van der Waals surface area (Å²) in [4.78, 5) is 14.8. The fourth-order valence-electron chi connectivity index (χ4n) is 1.82. The Hall–Kier alpha value is -2.18. The standard InChI is InChI=1S/C16H19N3O2S/c1-21-14-4-6-15(7-5-14)22-13-8-16(20)19(11-2-9-17)12-3-10-18/h4-7H,2-3,8,11-13H2,1H3. The number of amides is 1. The van der Waals surface area contributed by atoms with Crippen LogP contribution >= 0.6 is 11.8 Å². The van der Waals surface area contributed by atoms with Crippen LogP contribution in [0.1, 0.15) is 19.3 Å². The number of hydrogen-bond acceptors (Lipinski definition) is 5. The molecule has 1 amide bonds. The lowest BCUT2D eigenvalue weighted by Crippen LogP contribution is -2.32. The quantitative estimate of drug-likeness (QED) is 0.654. The van der Waals surface area contributed by atoms with Gasteiger partial charge in [0.2, 0.25) is 5.91 Å². The zero-order valence-corrected chi connectivity index (χ0v) is 13.4. The van der Waals surface area contributed by atoms with Crippen LogP contribution in [0.3, 0.4) is 0 Å². The normalized spacial score (nSPS) is 9.59. The summed E-state index contributed by atoms with van der Waals surface area (Å²) in [5, 5.41) is 17.2. The topological polar surface area (TPSA) is 77.1 Å². The number of nitriles is 2. The first-order chi connectivity index (χ1) is 10.7. The number of carbonyl (C=O) groups excluding carboxylic acids is 1. The van der Waals surface area contributed by atoms with Gasteiger partial charge in [-0.25, -0.2) is 0 Å². The second kappa shape index (κ2) is 10.5. The van der Waals surface area contributed by atoms with Gasteiger partial charge in [-0.3, -0.25) is 4.79 Å². The van der Waals surface area contributed by atoms with Crippen molar-refractivity contribution in [2.75, 3.05) is 26.0 Å². The van der Waals surface area contributed by atoms with Crippen LogP contribution in [0.5, 0.6) is 5.75 Å². The van der Waals surface area contributed by atoms with Crippen molar-refractivity contribution in [2.24, 2.45) is 0 Å². The molecule has 0 aliphatic heterocycles. The van der Waals surface area contributed by atoms with Gasteiger partial charge in [0.05, 0.1) is 32.1 Å². The Morgan fingerprint density at radius 1 is 1.18 bits per heavy atom.